The summed E-state index contributed by atoms with van der Waals surface area (Å²) in [5.41, 5.74) is 5.22. The number of carbonyl (C=O) groups is 1. The molecule has 1 fully saturated rings. The van der Waals surface area contributed by atoms with Crippen molar-refractivity contribution in [1.29, 1.82) is 0 Å². The van der Waals surface area contributed by atoms with Crippen LogP contribution in [0.25, 0.3) is 5.95 Å². The van der Waals surface area contributed by atoms with Gasteiger partial charge in [0, 0.05) is 27.7 Å². The summed E-state index contributed by atoms with van der Waals surface area (Å²) in [6.45, 7) is 7.76. The van der Waals surface area contributed by atoms with Crippen molar-refractivity contribution in [3.63, 3.8) is 0 Å². The second kappa shape index (κ2) is 7.84. The Morgan fingerprint density at radius 2 is 1.73 bits per heavy atom. The Labute approximate surface area is 181 Å². The van der Waals surface area contributed by atoms with E-state index in [4.69, 9.17) is 11.6 Å². The van der Waals surface area contributed by atoms with Crippen molar-refractivity contribution in [2.24, 2.45) is 0 Å². The molecular formula is C23H26ClN5O. The summed E-state index contributed by atoms with van der Waals surface area (Å²) in [5, 5.41) is 8.60. The molecule has 0 spiro atoms. The Hall–Kier alpha value is -2.73. The summed E-state index contributed by atoms with van der Waals surface area (Å²) in [4.78, 5) is 22.0. The van der Waals surface area contributed by atoms with E-state index in [0.717, 1.165) is 53.2 Å². The highest BCUT2D eigenvalue weighted by atomic mass is 35.5. The standard InChI is InChI=1S/C23H26ClN5O/c1-14-12-15(2)26-22(25-14)29-17(4)20(16(3)28-29)13-21(30)27-23(10-5-11-23)18-6-8-19(24)9-7-18/h6-9,12H,5,10-11,13H2,1-4H3,(H,27,30). The first-order chi connectivity index (χ1) is 14.3. The van der Waals surface area contributed by atoms with Crippen molar-refractivity contribution >= 4 is 17.5 Å². The maximum absolute atomic E-state index is 13.0. The first kappa shape index (κ1) is 20.5. The number of hydrogen-bond donors (Lipinski definition) is 1. The molecule has 2 aromatic heterocycles. The lowest BCUT2D eigenvalue weighted by atomic mass is 9.71. The van der Waals surface area contributed by atoms with Gasteiger partial charge >= 0.3 is 0 Å². The Balaban J connectivity index is 1.56. The van der Waals surface area contributed by atoms with Gasteiger partial charge in [0.1, 0.15) is 0 Å². The van der Waals surface area contributed by atoms with E-state index in [1.54, 1.807) is 4.68 Å². The minimum Gasteiger partial charge on any atom is -0.346 e. The fourth-order valence-electron chi connectivity index (χ4n) is 4.18. The fourth-order valence-corrected chi connectivity index (χ4v) is 4.31. The smallest absolute Gasteiger partial charge is 0.251 e. The minimum atomic E-state index is -0.295. The van der Waals surface area contributed by atoms with Crippen LogP contribution in [0.15, 0.2) is 30.3 Å². The highest BCUT2D eigenvalue weighted by Crippen LogP contribution is 2.41. The molecule has 6 nitrogen and oxygen atoms in total. The average molecular weight is 424 g/mol. The molecule has 3 aromatic rings. The number of rotatable bonds is 5. The normalized spacial score (nSPS) is 15.0. The van der Waals surface area contributed by atoms with Crippen molar-refractivity contribution in [3.05, 3.63) is 69.3 Å². The van der Waals surface area contributed by atoms with Crippen LogP contribution in [-0.2, 0) is 16.8 Å². The molecule has 2 heterocycles. The predicted molar refractivity (Wildman–Crippen MR) is 117 cm³/mol. The molecule has 0 atom stereocenters. The summed E-state index contributed by atoms with van der Waals surface area (Å²) in [5.74, 6) is 0.535. The van der Waals surface area contributed by atoms with Crippen LogP contribution in [0.5, 0.6) is 0 Å². The number of benzene rings is 1. The predicted octanol–water partition coefficient (Wildman–Crippen LogP) is 4.29. The lowest BCUT2D eigenvalue weighted by molar-refractivity contribution is -0.123. The number of amides is 1. The fraction of sp³-hybridized carbons (Fsp3) is 0.391. The number of hydrogen-bond acceptors (Lipinski definition) is 4. The van der Waals surface area contributed by atoms with Crippen LogP contribution in [0.3, 0.4) is 0 Å². The van der Waals surface area contributed by atoms with E-state index in [2.05, 4.69) is 20.4 Å². The summed E-state index contributed by atoms with van der Waals surface area (Å²) in [7, 11) is 0. The van der Waals surface area contributed by atoms with Gasteiger partial charge in [-0.2, -0.15) is 5.10 Å². The molecule has 0 saturated heterocycles. The number of nitrogens with zero attached hydrogens (tertiary/aromatic N) is 4. The molecule has 30 heavy (non-hydrogen) atoms. The average Bonchev–Trinajstić information content (AvgIpc) is 2.93. The van der Waals surface area contributed by atoms with E-state index in [1.807, 2.05) is 58.0 Å². The van der Waals surface area contributed by atoms with Crippen molar-refractivity contribution in [3.8, 4) is 5.95 Å². The van der Waals surface area contributed by atoms with Gasteiger partial charge in [-0.15, -0.1) is 0 Å². The molecule has 4 rings (SSSR count). The summed E-state index contributed by atoms with van der Waals surface area (Å²) in [6.07, 6.45) is 3.25. The third-order valence-corrected chi connectivity index (χ3v) is 6.17. The van der Waals surface area contributed by atoms with Gasteiger partial charge in [0.15, 0.2) is 0 Å². The topological polar surface area (TPSA) is 72.7 Å². The molecule has 0 aliphatic heterocycles. The molecule has 1 saturated carbocycles. The third-order valence-electron chi connectivity index (χ3n) is 5.92. The Bertz CT molecular complexity index is 1080. The summed E-state index contributed by atoms with van der Waals surface area (Å²) in [6, 6.07) is 9.70. The van der Waals surface area contributed by atoms with Crippen molar-refractivity contribution < 1.29 is 4.79 Å². The lowest BCUT2D eigenvalue weighted by Crippen LogP contribution is -2.51. The molecule has 1 aromatic carbocycles. The first-order valence-corrected chi connectivity index (χ1v) is 10.6. The van der Waals surface area contributed by atoms with Crippen LogP contribution in [0.4, 0.5) is 0 Å². The Morgan fingerprint density at radius 3 is 2.30 bits per heavy atom. The largest absolute Gasteiger partial charge is 0.346 e. The third kappa shape index (κ3) is 3.84. The maximum Gasteiger partial charge on any atom is 0.251 e. The second-order valence-electron chi connectivity index (χ2n) is 8.18. The van der Waals surface area contributed by atoms with Crippen molar-refractivity contribution in [2.45, 2.75) is 58.9 Å². The molecule has 1 amide bonds. The monoisotopic (exact) mass is 423 g/mol. The van der Waals surface area contributed by atoms with Crippen LogP contribution in [0, 0.1) is 27.7 Å². The molecule has 0 radical (unpaired) electrons. The van der Waals surface area contributed by atoms with E-state index in [-0.39, 0.29) is 17.9 Å². The van der Waals surface area contributed by atoms with Crippen LogP contribution >= 0.6 is 11.6 Å². The van der Waals surface area contributed by atoms with Gasteiger partial charge in [-0.3, -0.25) is 4.79 Å². The van der Waals surface area contributed by atoms with Gasteiger partial charge < -0.3 is 5.32 Å². The Kier molecular flexibility index (Phi) is 5.36. The SMILES string of the molecule is Cc1cc(C)nc(-n2nc(C)c(CC(=O)NC3(c4ccc(Cl)cc4)CCC3)c2C)n1. The van der Waals surface area contributed by atoms with Gasteiger partial charge in [0.25, 0.3) is 5.95 Å². The van der Waals surface area contributed by atoms with Crippen molar-refractivity contribution in [2.75, 3.05) is 0 Å². The highest BCUT2D eigenvalue weighted by molar-refractivity contribution is 6.30. The second-order valence-corrected chi connectivity index (χ2v) is 8.62. The van der Waals surface area contributed by atoms with Gasteiger partial charge in [0.05, 0.1) is 17.7 Å². The zero-order chi connectivity index (χ0) is 21.5. The molecular weight excluding hydrogens is 398 g/mol. The molecule has 0 unspecified atom stereocenters. The minimum absolute atomic E-state index is 0.00302. The van der Waals surface area contributed by atoms with Crippen LogP contribution in [0.2, 0.25) is 5.02 Å². The van der Waals surface area contributed by atoms with Crippen LogP contribution < -0.4 is 5.32 Å². The summed E-state index contributed by atoms with van der Waals surface area (Å²) >= 11 is 6.04. The van der Waals surface area contributed by atoms with Gasteiger partial charge in [0.2, 0.25) is 5.91 Å². The van der Waals surface area contributed by atoms with Crippen molar-refractivity contribution in [1.82, 2.24) is 25.1 Å². The molecule has 1 N–H and O–H groups in total. The number of carbonyl (C=O) groups excluding carboxylic acids is 1. The number of halogens is 1. The molecule has 1 aliphatic rings. The van der Waals surface area contributed by atoms with Crippen LogP contribution in [-0.4, -0.2) is 25.7 Å². The summed E-state index contributed by atoms with van der Waals surface area (Å²) < 4.78 is 1.73. The van der Waals surface area contributed by atoms with Crippen LogP contribution in [0.1, 0.15) is 53.2 Å². The zero-order valence-corrected chi connectivity index (χ0v) is 18.5. The zero-order valence-electron chi connectivity index (χ0n) is 17.8. The molecule has 156 valence electrons. The number of aryl methyl sites for hydroxylation is 3. The van der Waals surface area contributed by atoms with E-state index in [1.165, 1.54) is 0 Å². The van der Waals surface area contributed by atoms with E-state index in [0.29, 0.717) is 11.0 Å². The quantitative estimate of drug-likeness (QED) is 0.664. The van der Waals surface area contributed by atoms with E-state index in [9.17, 15) is 4.79 Å². The number of aromatic nitrogens is 4. The maximum atomic E-state index is 13.0. The lowest BCUT2D eigenvalue weighted by Gasteiger charge is -2.43. The molecule has 1 aliphatic carbocycles. The molecule has 7 heteroatoms. The first-order valence-electron chi connectivity index (χ1n) is 10.2. The van der Waals surface area contributed by atoms with Gasteiger partial charge in [-0.05, 0) is 70.7 Å². The highest BCUT2D eigenvalue weighted by Gasteiger charge is 2.40. The molecule has 0 bridgehead atoms. The Morgan fingerprint density at radius 1 is 1.10 bits per heavy atom. The van der Waals surface area contributed by atoms with E-state index >= 15 is 0 Å². The van der Waals surface area contributed by atoms with E-state index < -0.39 is 0 Å². The number of nitrogens with one attached hydrogen (secondary N) is 1. The van der Waals surface area contributed by atoms with Gasteiger partial charge in [-0.1, -0.05) is 23.7 Å². The van der Waals surface area contributed by atoms with Gasteiger partial charge in [-0.25, -0.2) is 14.6 Å².